The number of hydrogen-bond donors (Lipinski definition) is 1. The monoisotopic (exact) mass is 376 g/mol. The molecule has 0 bridgehead atoms. The predicted octanol–water partition coefficient (Wildman–Crippen LogP) is 4.51. The summed E-state index contributed by atoms with van der Waals surface area (Å²) in [5, 5.41) is 14.2. The van der Waals surface area contributed by atoms with Crippen molar-refractivity contribution in [1.82, 2.24) is 10.1 Å². The van der Waals surface area contributed by atoms with Crippen LogP contribution in [0.5, 0.6) is 5.75 Å². The van der Waals surface area contributed by atoms with Gasteiger partial charge in [-0.3, -0.25) is 0 Å². The molecule has 1 unspecified atom stereocenters. The van der Waals surface area contributed by atoms with Gasteiger partial charge in [0.2, 0.25) is 5.82 Å². The molecular weight excluding hydrogens is 361 g/mol. The highest BCUT2D eigenvalue weighted by Crippen LogP contribution is 2.38. The number of alkyl halides is 3. The molecule has 1 atom stereocenters. The minimum Gasteiger partial charge on any atom is -0.497 e. The Bertz CT molecular complexity index is 949. The molecule has 1 N–H and O–H groups in total. The normalized spacial score (nSPS) is 12.6. The van der Waals surface area contributed by atoms with Gasteiger partial charge in [-0.1, -0.05) is 29.9 Å². The van der Waals surface area contributed by atoms with Gasteiger partial charge in [0.1, 0.15) is 11.9 Å². The molecule has 1 heterocycles. The molecule has 0 aliphatic heterocycles. The number of hydrogen-bond acceptors (Lipinski definition) is 5. The number of halogens is 3. The third-order valence-corrected chi connectivity index (χ3v) is 3.94. The SMILES string of the molecule is C=C(c1nc(-c2ccc(OC)cc2)no1)C(O)c1ccccc1C(F)(F)F. The van der Waals surface area contributed by atoms with Crippen molar-refractivity contribution in [3.8, 4) is 17.1 Å². The number of methoxy groups -OCH3 is 1. The van der Waals surface area contributed by atoms with E-state index in [1.165, 1.54) is 25.3 Å². The maximum Gasteiger partial charge on any atom is 0.416 e. The van der Waals surface area contributed by atoms with E-state index in [4.69, 9.17) is 9.26 Å². The molecule has 0 spiro atoms. The van der Waals surface area contributed by atoms with Crippen molar-refractivity contribution < 1.29 is 27.5 Å². The standard InChI is InChI=1S/C19H15F3N2O3/c1-11(16(25)14-5-3-4-6-15(14)19(20,21)22)18-23-17(24-27-18)12-7-9-13(26-2)10-8-12/h3-10,16,25H,1H2,2H3. The number of ether oxygens (including phenoxy) is 1. The Morgan fingerprint density at radius 2 is 1.81 bits per heavy atom. The molecule has 140 valence electrons. The average Bonchev–Trinajstić information content (AvgIpc) is 3.16. The first-order chi connectivity index (χ1) is 12.8. The lowest BCUT2D eigenvalue weighted by Crippen LogP contribution is -2.12. The van der Waals surface area contributed by atoms with Crippen LogP contribution in [0.1, 0.15) is 23.1 Å². The molecular formula is C19H15F3N2O3. The molecule has 0 saturated carbocycles. The maximum atomic E-state index is 13.2. The van der Waals surface area contributed by atoms with Crippen LogP contribution in [0.15, 0.2) is 59.6 Å². The van der Waals surface area contributed by atoms with E-state index in [2.05, 4.69) is 16.7 Å². The first kappa shape index (κ1) is 18.7. The van der Waals surface area contributed by atoms with Gasteiger partial charge >= 0.3 is 6.18 Å². The van der Waals surface area contributed by atoms with Crippen molar-refractivity contribution in [2.75, 3.05) is 7.11 Å². The number of rotatable bonds is 5. The van der Waals surface area contributed by atoms with E-state index in [-0.39, 0.29) is 22.9 Å². The molecule has 0 radical (unpaired) electrons. The molecule has 8 heteroatoms. The lowest BCUT2D eigenvalue weighted by atomic mass is 9.97. The van der Waals surface area contributed by atoms with Crippen LogP contribution in [-0.2, 0) is 6.18 Å². The molecule has 0 fully saturated rings. The van der Waals surface area contributed by atoms with Gasteiger partial charge in [-0.15, -0.1) is 0 Å². The second-order valence-electron chi connectivity index (χ2n) is 5.66. The zero-order valence-corrected chi connectivity index (χ0v) is 14.2. The Hall–Kier alpha value is -3.13. The Morgan fingerprint density at radius 3 is 2.44 bits per heavy atom. The summed E-state index contributed by atoms with van der Waals surface area (Å²) in [5.74, 6) is 0.710. The van der Waals surface area contributed by atoms with Crippen LogP contribution in [0.2, 0.25) is 0 Å². The first-order valence-electron chi connectivity index (χ1n) is 7.82. The second kappa shape index (κ2) is 7.24. The molecule has 3 aromatic rings. The van der Waals surface area contributed by atoms with Gasteiger partial charge in [-0.2, -0.15) is 18.2 Å². The van der Waals surface area contributed by atoms with Crippen LogP contribution in [0.3, 0.4) is 0 Å². The topological polar surface area (TPSA) is 68.4 Å². The van der Waals surface area contributed by atoms with Gasteiger partial charge in [-0.05, 0) is 35.9 Å². The largest absolute Gasteiger partial charge is 0.497 e. The molecule has 0 aliphatic rings. The van der Waals surface area contributed by atoms with Crippen LogP contribution in [0, 0.1) is 0 Å². The van der Waals surface area contributed by atoms with Crippen LogP contribution in [-0.4, -0.2) is 22.4 Å². The summed E-state index contributed by atoms with van der Waals surface area (Å²) < 4.78 is 49.6. The van der Waals surface area contributed by atoms with Gasteiger partial charge in [0.25, 0.3) is 5.89 Å². The predicted molar refractivity (Wildman–Crippen MR) is 91.7 cm³/mol. The van der Waals surface area contributed by atoms with Crippen LogP contribution in [0.25, 0.3) is 17.0 Å². The van der Waals surface area contributed by atoms with Crippen molar-refractivity contribution in [2.24, 2.45) is 0 Å². The zero-order valence-electron chi connectivity index (χ0n) is 14.2. The highest BCUT2D eigenvalue weighted by molar-refractivity contribution is 5.65. The first-order valence-corrected chi connectivity index (χ1v) is 7.82. The summed E-state index contributed by atoms with van der Waals surface area (Å²) in [4.78, 5) is 4.11. The number of aromatic nitrogens is 2. The van der Waals surface area contributed by atoms with Crippen molar-refractivity contribution in [2.45, 2.75) is 12.3 Å². The highest BCUT2D eigenvalue weighted by Gasteiger charge is 2.35. The Morgan fingerprint density at radius 1 is 1.15 bits per heavy atom. The van der Waals surface area contributed by atoms with Gasteiger partial charge in [0, 0.05) is 11.1 Å². The summed E-state index contributed by atoms with van der Waals surface area (Å²) >= 11 is 0. The van der Waals surface area contributed by atoms with E-state index < -0.39 is 17.8 Å². The Labute approximate surface area is 152 Å². The van der Waals surface area contributed by atoms with E-state index in [0.717, 1.165) is 6.07 Å². The van der Waals surface area contributed by atoms with Crippen molar-refractivity contribution >= 4 is 5.57 Å². The van der Waals surface area contributed by atoms with E-state index in [9.17, 15) is 18.3 Å². The molecule has 5 nitrogen and oxygen atoms in total. The summed E-state index contributed by atoms with van der Waals surface area (Å²) in [5.41, 5.74) is -0.796. The fraction of sp³-hybridized carbons (Fsp3) is 0.158. The Balaban J connectivity index is 1.88. The van der Waals surface area contributed by atoms with Crippen LogP contribution < -0.4 is 4.74 Å². The molecule has 0 amide bonds. The molecule has 3 rings (SSSR count). The number of nitrogens with zero attached hydrogens (tertiary/aromatic N) is 2. The van der Waals surface area contributed by atoms with Gasteiger partial charge < -0.3 is 14.4 Å². The average molecular weight is 376 g/mol. The second-order valence-corrected chi connectivity index (χ2v) is 5.66. The lowest BCUT2D eigenvalue weighted by Gasteiger charge is -2.17. The summed E-state index contributed by atoms with van der Waals surface area (Å²) in [6.07, 6.45) is -6.26. The third kappa shape index (κ3) is 3.85. The molecule has 27 heavy (non-hydrogen) atoms. The molecule has 0 aliphatic carbocycles. The van der Waals surface area contributed by atoms with E-state index in [0.29, 0.717) is 11.3 Å². The smallest absolute Gasteiger partial charge is 0.416 e. The minimum absolute atomic E-state index is 0.126. The van der Waals surface area contributed by atoms with Gasteiger partial charge in [0.05, 0.1) is 12.7 Å². The molecule has 1 aromatic heterocycles. The summed E-state index contributed by atoms with van der Waals surface area (Å²) in [6.45, 7) is 3.63. The molecule has 2 aromatic carbocycles. The maximum absolute atomic E-state index is 13.2. The minimum atomic E-state index is -4.61. The van der Waals surface area contributed by atoms with Crippen LogP contribution >= 0.6 is 0 Å². The Kier molecular flexibility index (Phi) is 5.00. The fourth-order valence-corrected chi connectivity index (χ4v) is 2.51. The van der Waals surface area contributed by atoms with Gasteiger partial charge in [-0.25, -0.2) is 0 Å². The summed E-state index contributed by atoms with van der Waals surface area (Å²) in [7, 11) is 1.53. The van der Waals surface area contributed by atoms with Crippen molar-refractivity contribution in [1.29, 1.82) is 0 Å². The summed E-state index contributed by atoms with van der Waals surface area (Å²) in [6, 6.07) is 11.5. The quantitative estimate of drug-likeness (QED) is 0.710. The van der Waals surface area contributed by atoms with Crippen LogP contribution in [0.4, 0.5) is 13.2 Å². The fourth-order valence-electron chi connectivity index (χ4n) is 2.51. The van der Waals surface area contributed by atoms with Crippen molar-refractivity contribution in [3.63, 3.8) is 0 Å². The highest BCUT2D eigenvalue weighted by atomic mass is 19.4. The van der Waals surface area contributed by atoms with Gasteiger partial charge in [0.15, 0.2) is 0 Å². The third-order valence-electron chi connectivity index (χ3n) is 3.94. The zero-order chi connectivity index (χ0) is 19.6. The van der Waals surface area contributed by atoms with Crippen molar-refractivity contribution in [3.05, 3.63) is 72.1 Å². The molecule has 0 saturated heterocycles. The lowest BCUT2D eigenvalue weighted by molar-refractivity contribution is -0.138. The van der Waals surface area contributed by atoms with E-state index in [1.807, 2.05) is 0 Å². The van der Waals surface area contributed by atoms with E-state index >= 15 is 0 Å². The number of benzene rings is 2. The number of aliphatic hydroxyl groups excluding tert-OH is 1. The van der Waals surface area contributed by atoms with E-state index in [1.54, 1.807) is 24.3 Å². The number of aliphatic hydroxyl groups is 1.